The topological polar surface area (TPSA) is 34.1 Å². The van der Waals surface area contributed by atoms with E-state index in [0.29, 0.717) is 5.92 Å². The van der Waals surface area contributed by atoms with Crippen molar-refractivity contribution in [1.29, 1.82) is 0 Å². The molecular formula is C18H24N2O. The molecule has 0 saturated carbocycles. The van der Waals surface area contributed by atoms with Crippen LogP contribution < -0.4 is 10.1 Å². The Morgan fingerprint density at radius 2 is 1.95 bits per heavy atom. The van der Waals surface area contributed by atoms with E-state index in [1.54, 1.807) is 6.20 Å². The Morgan fingerprint density at radius 1 is 1.14 bits per heavy atom. The predicted molar refractivity (Wildman–Crippen MR) is 86.8 cm³/mol. The summed E-state index contributed by atoms with van der Waals surface area (Å²) in [5.41, 5.74) is 3.47. The van der Waals surface area contributed by atoms with Gasteiger partial charge in [0.05, 0.1) is 0 Å². The maximum atomic E-state index is 6.07. The molecule has 0 fully saturated rings. The summed E-state index contributed by atoms with van der Waals surface area (Å²) in [6.07, 6.45) is 3.64. The fourth-order valence-electron chi connectivity index (χ4n) is 2.17. The van der Waals surface area contributed by atoms with Crippen LogP contribution in [-0.4, -0.2) is 11.5 Å². The fourth-order valence-corrected chi connectivity index (χ4v) is 2.17. The zero-order valence-corrected chi connectivity index (χ0v) is 13.3. The van der Waals surface area contributed by atoms with Crippen molar-refractivity contribution in [1.82, 2.24) is 10.3 Å². The number of pyridine rings is 1. The number of nitrogens with one attached hydrogen (secondary N) is 1. The van der Waals surface area contributed by atoms with Gasteiger partial charge in [0.2, 0.25) is 0 Å². The molecule has 2 aromatic rings. The molecule has 1 aromatic heterocycles. The quantitative estimate of drug-likeness (QED) is 0.861. The van der Waals surface area contributed by atoms with Crippen molar-refractivity contribution in [2.75, 3.05) is 6.54 Å². The van der Waals surface area contributed by atoms with Crippen LogP contribution in [0.2, 0.25) is 0 Å². The highest BCUT2D eigenvalue weighted by Crippen LogP contribution is 2.27. The molecule has 0 aliphatic carbocycles. The lowest BCUT2D eigenvalue weighted by Crippen LogP contribution is -2.19. The average Bonchev–Trinajstić information content (AvgIpc) is 2.43. The summed E-state index contributed by atoms with van der Waals surface area (Å²) in [6, 6.07) is 8.15. The lowest BCUT2D eigenvalue weighted by Gasteiger charge is -2.14. The number of ether oxygens (including phenoxy) is 1. The van der Waals surface area contributed by atoms with E-state index in [1.165, 1.54) is 5.56 Å². The third-order valence-corrected chi connectivity index (χ3v) is 3.28. The molecule has 0 radical (unpaired) electrons. The Hall–Kier alpha value is -1.87. The van der Waals surface area contributed by atoms with Gasteiger partial charge in [-0.25, -0.2) is 0 Å². The van der Waals surface area contributed by atoms with Gasteiger partial charge in [0.15, 0.2) is 0 Å². The predicted octanol–water partition coefficient (Wildman–Crippen LogP) is 4.24. The van der Waals surface area contributed by atoms with Crippen LogP contribution in [0.5, 0.6) is 11.5 Å². The van der Waals surface area contributed by atoms with Crippen LogP contribution in [0, 0.1) is 19.8 Å². The van der Waals surface area contributed by atoms with Gasteiger partial charge >= 0.3 is 0 Å². The van der Waals surface area contributed by atoms with Crippen LogP contribution in [0.3, 0.4) is 0 Å². The molecule has 1 aromatic carbocycles. The van der Waals surface area contributed by atoms with Crippen molar-refractivity contribution in [2.24, 2.45) is 5.92 Å². The zero-order valence-electron chi connectivity index (χ0n) is 13.3. The molecule has 112 valence electrons. The van der Waals surface area contributed by atoms with Gasteiger partial charge in [-0.15, -0.1) is 0 Å². The molecule has 21 heavy (non-hydrogen) atoms. The second-order valence-electron chi connectivity index (χ2n) is 5.88. The Labute approximate surface area is 127 Å². The highest BCUT2D eigenvalue weighted by atomic mass is 16.5. The van der Waals surface area contributed by atoms with Crippen LogP contribution in [0.1, 0.15) is 30.5 Å². The van der Waals surface area contributed by atoms with Crippen LogP contribution in [-0.2, 0) is 6.54 Å². The minimum Gasteiger partial charge on any atom is -0.457 e. The first-order chi connectivity index (χ1) is 10.1. The normalized spacial score (nSPS) is 10.9. The number of nitrogens with zero attached hydrogens (tertiary/aromatic N) is 1. The molecule has 0 atom stereocenters. The number of rotatable bonds is 6. The van der Waals surface area contributed by atoms with Crippen molar-refractivity contribution >= 4 is 0 Å². The van der Waals surface area contributed by atoms with E-state index in [-0.39, 0.29) is 0 Å². The molecule has 0 bridgehead atoms. The van der Waals surface area contributed by atoms with Gasteiger partial charge in [-0.05, 0) is 44.0 Å². The Kier molecular flexibility index (Phi) is 5.34. The Morgan fingerprint density at radius 3 is 2.67 bits per heavy atom. The zero-order chi connectivity index (χ0) is 15.2. The first-order valence-corrected chi connectivity index (χ1v) is 7.45. The highest BCUT2D eigenvalue weighted by Gasteiger charge is 2.07. The van der Waals surface area contributed by atoms with E-state index in [9.17, 15) is 0 Å². The van der Waals surface area contributed by atoms with Gasteiger partial charge in [0.25, 0.3) is 0 Å². The summed E-state index contributed by atoms with van der Waals surface area (Å²) in [4.78, 5) is 4.20. The van der Waals surface area contributed by atoms with Crippen molar-refractivity contribution in [3.63, 3.8) is 0 Å². The maximum Gasteiger partial charge on any atom is 0.135 e. The largest absolute Gasteiger partial charge is 0.457 e. The second-order valence-corrected chi connectivity index (χ2v) is 5.88. The molecule has 0 aliphatic heterocycles. The minimum atomic E-state index is 0.630. The third-order valence-electron chi connectivity index (χ3n) is 3.28. The molecule has 1 N–H and O–H groups in total. The standard InChI is InChI=1S/C18H24N2O/c1-13(2)10-20-12-16-11-19-8-7-18(16)21-17-6-5-14(3)9-15(17)4/h5-9,11,13,20H,10,12H2,1-4H3. The monoisotopic (exact) mass is 284 g/mol. The lowest BCUT2D eigenvalue weighted by atomic mass is 10.1. The molecule has 0 saturated heterocycles. The van der Waals surface area contributed by atoms with Gasteiger partial charge < -0.3 is 10.1 Å². The number of hydrogen-bond donors (Lipinski definition) is 1. The minimum absolute atomic E-state index is 0.630. The summed E-state index contributed by atoms with van der Waals surface area (Å²) in [7, 11) is 0. The number of benzene rings is 1. The van der Waals surface area contributed by atoms with Gasteiger partial charge in [0, 0.05) is 24.5 Å². The van der Waals surface area contributed by atoms with Crippen LogP contribution in [0.4, 0.5) is 0 Å². The molecule has 1 heterocycles. The van der Waals surface area contributed by atoms with Crippen LogP contribution in [0.25, 0.3) is 0 Å². The third kappa shape index (κ3) is 4.57. The van der Waals surface area contributed by atoms with Crippen LogP contribution >= 0.6 is 0 Å². The number of hydrogen-bond acceptors (Lipinski definition) is 3. The van der Waals surface area contributed by atoms with E-state index in [0.717, 1.165) is 35.7 Å². The first kappa shape index (κ1) is 15.5. The maximum absolute atomic E-state index is 6.07. The summed E-state index contributed by atoms with van der Waals surface area (Å²) in [6.45, 7) is 10.3. The molecule has 0 unspecified atom stereocenters. The van der Waals surface area contributed by atoms with Gasteiger partial charge in [-0.2, -0.15) is 0 Å². The lowest BCUT2D eigenvalue weighted by molar-refractivity contribution is 0.464. The Bertz CT molecular complexity index is 594. The van der Waals surface area contributed by atoms with Gasteiger partial charge in [0.1, 0.15) is 11.5 Å². The molecule has 0 amide bonds. The highest BCUT2D eigenvalue weighted by molar-refractivity contribution is 5.41. The molecule has 0 aliphatic rings. The smallest absolute Gasteiger partial charge is 0.135 e. The van der Waals surface area contributed by atoms with E-state index >= 15 is 0 Å². The van der Waals surface area contributed by atoms with E-state index in [2.05, 4.69) is 50.1 Å². The molecular weight excluding hydrogens is 260 g/mol. The van der Waals surface area contributed by atoms with Crippen molar-refractivity contribution in [3.8, 4) is 11.5 Å². The number of aromatic nitrogens is 1. The summed E-state index contributed by atoms with van der Waals surface area (Å²) in [5, 5.41) is 3.43. The van der Waals surface area contributed by atoms with Crippen LogP contribution in [0.15, 0.2) is 36.7 Å². The van der Waals surface area contributed by atoms with Crippen molar-refractivity contribution < 1.29 is 4.74 Å². The van der Waals surface area contributed by atoms with E-state index in [4.69, 9.17) is 4.74 Å². The summed E-state index contributed by atoms with van der Waals surface area (Å²) >= 11 is 0. The molecule has 3 heteroatoms. The first-order valence-electron chi connectivity index (χ1n) is 7.45. The van der Waals surface area contributed by atoms with Crippen molar-refractivity contribution in [3.05, 3.63) is 53.3 Å². The fraction of sp³-hybridized carbons (Fsp3) is 0.389. The SMILES string of the molecule is Cc1ccc(Oc2ccncc2CNCC(C)C)c(C)c1. The molecule has 0 spiro atoms. The van der Waals surface area contributed by atoms with Crippen molar-refractivity contribution in [2.45, 2.75) is 34.2 Å². The van der Waals surface area contributed by atoms with E-state index < -0.39 is 0 Å². The molecule has 2 rings (SSSR count). The molecule has 3 nitrogen and oxygen atoms in total. The average molecular weight is 284 g/mol. The van der Waals surface area contributed by atoms with Gasteiger partial charge in [-0.1, -0.05) is 31.5 Å². The number of aryl methyl sites for hydroxylation is 2. The summed E-state index contributed by atoms with van der Waals surface area (Å²) in [5.74, 6) is 2.40. The Balaban J connectivity index is 2.12. The van der Waals surface area contributed by atoms with E-state index in [1.807, 2.05) is 18.3 Å². The summed E-state index contributed by atoms with van der Waals surface area (Å²) < 4.78 is 6.07. The van der Waals surface area contributed by atoms with Gasteiger partial charge in [-0.3, -0.25) is 4.98 Å². The second kappa shape index (κ2) is 7.23.